The van der Waals surface area contributed by atoms with Crippen molar-refractivity contribution < 1.29 is 19.1 Å². The Morgan fingerprint density at radius 1 is 1.23 bits per heavy atom. The van der Waals surface area contributed by atoms with Gasteiger partial charge in [-0.15, -0.1) is 0 Å². The number of ether oxygens (including phenoxy) is 2. The second kappa shape index (κ2) is 5.77. The highest BCUT2D eigenvalue weighted by atomic mass is 16.5. The third kappa shape index (κ3) is 2.85. The van der Waals surface area contributed by atoms with Crippen molar-refractivity contribution in [2.75, 3.05) is 24.4 Å². The number of amides is 2. The largest absolute Gasteiger partial charge is 0.497 e. The predicted octanol–water partition coefficient (Wildman–Crippen LogP) is 2.28. The minimum absolute atomic E-state index is 0.0249. The van der Waals surface area contributed by atoms with E-state index in [2.05, 4.69) is 10.6 Å². The normalized spacial score (nSPS) is 12.7. The Kier molecular flexibility index (Phi) is 3.65. The molecule has 0 spiro atoms. The second-order valence-electron chi connectivity index (χ2n) is 4.73. The molecule has 6 heteroatoms. The molecular weight excluding hydrogens is 284 g/mol. The summed E-state index contributed by atoms with van der Waals surface area (Å²) in [5.41, 5.74) is 1.71. The number of nitrogens with one attached hydrogen (secondary N) is 2. The molecule has 0 saturated heterocycles. The first kappa shape index (κ1) is 13.9. The van der Waals surface area contributed by atoms with Crippen LogP contribution < -0.4 is 20.1 Å². The van der Waals surface area contributed by atoms with Gasteiger partial charge in [-0.25, -0.2) is 0 Å². The summed E-state index contributed by atoms with van der Waals surface area (Å²) >= 11 is 0. The third-order valence-electron chi connectivity index (χ3n) is 3.22. The lowest BCUT2D eigenvalue weighted by atomic mass is 10.2. The molecule has 112 valence electrons. The minimum atomic E-state index is -0.234. The van der Waals surface area contributed by atoms with Gasteiger partial charge in [-0.3, -0.25) is 9.59 Å². The summed E-state index contributed by atoms with van der Waals surface area (Å²) in [4.78, 5) is 23.4. The van der Waals surface area contributed by atoms with Gasteiger partial charge in [0.2, 0.25) is 0 Å². The Labute approximate surface area is 127 Å². The molecule has 1 aliphatic rings. The third-order valence-corrected chi connectivity index (χ3v) is 3.22. The van der Waals surface area contributed by atoms with Crippen molar-refractivity contribution >= 4 is 23.2 Å². The lowest BCUT2D eigenvalue weighted by Gasteiger charge is -2.18. The van der Waals surface area contributed by atoms with E-state index < -0.39 is 0 Å². The fraction of sp³-hybridized carbons (Fsp3) is 0.125. The minimum Gasteiger partial charge on any atom is -0.497 e. The highest BCUT2D eigenvalue weighted by Crippen LogP contribution is 2.30. The summed E-state index contributed by atoms with van der Waals surface area (Å²) in [5, 5.41) is 5.48. The van der Waals surface area contributed by atoms with Gasteiger partial charge < -0.3 is 20.1 Å². The standard InChI is InChI=1S/C16H14N2O4/c1-21-12-5-2-10(3-6-12)16(20)17-11-4-7-13-14(8-11)22-9-15(19)18-13/h2-8H,9H2,1H3,(H,17,20)(H,18,19). The molecular formula is C16H14N2O4. The van der Waals surface area contributed by atoms with Crippen molar-refractivity contribution in [2.24, 2.45) is 0 Å². The maximum atomic E-state index is 12.2. The van der Waals surface area contributed by atoms with E-state index in [-0.39, 0.29) is 18.4 Å². The number of methoxy groups -OCH3 is 1. The molecule has 22 heavy (non-hydrogen) atoms. The average molecular weight is 298 g/mol. The van der Waals surface area contributed by atoms with Crippen LogP contribution in [0, 0.1) is 0 Å². The van der Waals surface area contributed by atoms with Crippen molar-refractivity contribution in [3.05, 3.63) is 48.0 Å². The van der Waals surface area contributed by atoms with Crippen molar-refractivity contribution in [1.82, 2.24) is 0 Å². The summed E-state index contributed by atoms with van der Waals surface area (Å²) in [7, 11) is 1.57. The van der Waals surface area contributed by atoms with Gasteiger partial charge in [0.05, 0.1) is 12.8 Å². The van der Waals surface area contributed by atoms with Crippen LogP contribution >= 0.6 is 0 Å². The zero-order valence-electron chi connectivity index (χ0n) is 11.9. The zero-order chi connectivity index (χ0) is 15.5. The SMILES string of the molecule is COc1ccc(C(=O)Nc2ccc3c(c2)OCC(=O)N3)cc1. The molecule has 0 atom stereocenters. The lowest BCUT2D eigenvalue weighted by Crippen LogP contribution is -2.25. The van der Waals surface area contributed by atoms with Crippen molar-refractivity contribution in [3.8, 4) is 11.5 Å². The number of rotatable bonds is 3. The van der Waals surface area contributed by atoms with Gasteiger partial charge >= 0.3 is 0 Å². The van der Waals surface area contributed by atoms with E-state index in [0.29, 0.717) is 28.4 Å². The van der Waals surface area contributed by atoms with Gasteiger partial charge in [0.25, 0.3) is 11.8 Å². The first-order chi connectivity index (χ1) is 10.7. The van der Waals surface area contributed by atoms with Crippen LogP contribution in [-0.2, 0) is 4.79 Å². The maximum Gasteiger partial charge on any atom is 0.262 e. The molecule has 2 aromatic carbocycles. The molecule has 2 aromatic rings. The van der Waals surface area contributed by atoms with Crippen molar-refractivity contribution in [1.29, 1.82) is 0 Å². The van der Waals surface area contributed by atoms with E-state index in [0.717, 1.165) is 0 Å². The van der Waals surface area contributed by atoms with Crippen LogP contribution in [0.1, 0.15) is 10.4 Å². The molecule has 0 aromatic heterocycles. The summed E-state index contributed by atoms with van der Waals surface area (Å²) in [6, 6.07) is 11.9. The predicted molar refractivity (Wildman–Crippen MR) is 81.5 cm³/mol. The van der Waals surface area contributed by atoms with E-state index in [4.69, 9.17) is 9.47 Å². The molecule has 0 fully saturated rings. The molecule has 1 heterocycles. The first-order valence-electron chi connectivity index (χ1n) is 6.68. The number of fused-ring (bicyclic) bond motifs is 1. The molecule has 0 radical (unpaired) electrons. The Morgan fingerprint density at radius 2 is 2.00 bits per heavy atom. The van der Waals surface area contributed by atoms with Gasteiger partial charge in [-0.1, -0.05) is 0 Å². The van der Waals surface area contributed by atoms with Gasteiger partial charge in [-0.2, -0.15) is 0 Å². The topological polar surface area (TPSA) is 76.7 Å². The van der Waals surface area contributed by atoms with Crippen molar-refractivity contribution in [2.45, 2.75) is 0 Å². The molecule has 0 aliphatic carbocycles. The summed E-state index contributed by atoms with van der Waals surface area (Å²) in [6.07, 6.45) is 0. The molecule has 3 rings (SSSR count). The number of carbonyl (C=O) groups is 2. The Morgan fingerprint density at radius 3 is 2.73 bits per heavy atom. The van der Waals surface area contributed by atoms with Gasteiger partial charge in [0.15, 0.2) is 6.61 Å². The highest BCUT2D eigenvalue weighted by Gasteiger charge is 2.16. The summed E-state index contributed by atoms with van der Waals surface area (Å²) in [5.74, 6) is 0.798. The Hall–Kier alpha value is -3.02. The van der Waals surface area contributed by atoms with E-state index in [9.17, 15) is 9.59 Å². The summed E-state index contributed by atoms with van der Waals surface area (Å²) in [6.45, 7) is -0.0249. The van der Waals surface area contributed by atoms with Gasteiger partial charge in [0, 0.05) is 17.3 Å². The Bertz CT molecular complexity index is 725. The maximum absolute atomic E-state index is 12.2. The molecule has 2 N–H and O–H groups in total. The number of carbonyl (C=O) groups excluding carboxylic acids is 2. The second-order valence-corrected chi connectivity index (χ2v) is 4.73. The zero-order valence-corrected chi connectivity index (χ0v) is 11.9. The van der Waals surface area contributed by atoms with Gasteiger partial charge in [-0.05, 0) is 36.4 Å². The van der Waals surface area contributed by atoms with Crippen LogP contribution in [0.5, 0.6) is 11.5 Å². The summed E-state index contributed by atoms with van der Waals surface area (Å²) < 4.78 is 10.4. The van der Waals surface area contributed by atoms with Gasteiger partial charge in [0.1, 0.15) is 11.5 Å². The number of hydrogen-bond donors (Lipinski definition) is 2. The highest BCUT2D eigenvalue weighted by molar-refractivity contribution is 6.05. The number of hydrogen-bond acceptors (Lipinski definition) is 4. The van der Waals surface area contributed by atoms with Crippen LogP contribution in [0.4, 0.5) is 11.4 Å². The van der Waals surface area contributed by atoms with E-state index in [1.54, 1.807) is 49.6 Å². The van der Waals surface area contributed by atoms with Crippen molar-refractivity contribution in [3.63, 3.8) is 0 Å². The molecule has 2 amide bonds. The fourth-order valence-corrected chi connectivity index (χ4v) is 2.10. The van der Waals surface area contributed by atoms with Crippen LogP contribution in [0.3, 0.4) is 0 Å². The molecule has 0 saturated carbocycles. The number of benzene rings is 2. The molecule has 6 nitrogen and oxygen atoms in total. The van der Waals surface area contributed by atoms with E-state index in [1.807, 2.05) is 0 Å². The van der Waals surface area contributed by atoms with Crippen LogP contribution in [0.2, 0.25) is 0 Å². The average Bonchev–Trinajstić information content (AvgIpc) is 2.55. The molecule has 0 unspecified atom stereocenters. The first-order valence-corrected chi connectivity index (χ1v) is 6.68. The van der Waals surface area contributed by atoms with E-state index >= 15 is 0 Å². The lowest BCUT2D eigenvalue weighted by molar-refractivity contribution is -0.118. The molecule has 0 bridgehead atoms. The fourth-order valence-electron chi connectivity index (χ4n) is 2.10. The van der Waals surface area contributed by atoms with Crippen LogP contribution in [-0.4, -0.2) is 25.5 Å². The quantitative estimate of drug-likeness (QED) is 0.911. The number of anilines is 2. The smallest absolute Gasteiger partial charge is 0.262 e. The van der Waals surface area contributed by atoms with E-state index in [1.165, 1.54) is 0 Å². The van der Waals surface area contributed by atoms with Crippen LogP contribution in [0.25, 0.3) is 0 Å². The Balaban J connectivity index is 1.75. The molecule has 1 aliphatic heterocycles. The monoisotopic (exact) mass is 298 g/mol. The van der Waals surface area contributed by atoms with Crippen LogP contribution in [0.15, 0.2) is 42.5 Å².